The summed E-state index contributed by atoms with van der Waals surface area (Å²) in [5.41, 5.74) is 10.3. The van der Waals surface area contributed by atoms with Gasteiger partial charge in [0.05, 0.1) is 0 Å². The molecule has 188 valence electrons. The minimum Gasteiger partial charge on any atom is -0.368 e. The molecule has 2 heterocycles. The lowest BCUT2D eigenvalue weighted by atomic mass is 9.91. The summed E-state index contributed by atoms with van der Waals surface area (Å²) in [5, 5.41) is 5.28. The lowest BCUT2D eigenvalue weighted by molar-refractivity contribution is -0.133. The zero-order valence-electron chi connectivity index (χ0n) is 21.1. The number of piperidine rings is 1. The van der Waals surface area contributed by atoms with Crippen LogP contribution in [-0.2, 0) is 19.2 Å². The summed E-state index contributed by atoms with van der Waals surface area (Å²) in [6.07, 6.45) is 4.19. The lowest BCUT2D eigenvalue weighted by Gasteiger charge is -2.26. The number of amides is 4. The average Bonchev–Trinajstić information content (AvgIpc) is 3.39. The van der Waals surface area contributed by atoms with Gasteiger partial charge in [-0.05, 0) is 55.4 Å². The van der Waals surface area contributed by atoms with Gasteiger partial charge in [0, 0.05) is 31.0 Å². The number of nitrogens with one attached hydrogen (secondary N) is 2. The van der Waals surface area contributed by atoms with Gasteiger partial charge in [-0.15, -0.1) is 0 Å². The van der Waals surface area contributed by atoms with Crippen molar-refractivity contribution in [2.24, 2.45) is 40.1 Å². The van der Waals surface area contributed by atoms with E-state index in [9.17, 15) is 19.2 Å². The van der Waals surface area contributed by atoms with Crippen LogP contribution < -0.4 is 22.1 Å². The molecule has 4 unspecified atom stereocenters. The van der Waals surface area contributed by atoms with Gasteiger partial charge in [-0.25, -0.2) is 0 Å². The van der Waals surface area contributed by atoms with Crippen molar-refractivity contribution in [1.29, 1.82) is 0 Å². The van der Waals surface area contributed by atoms with Crippen LogP contribution >= 0.6 is 0 Å². The molecule has 0 bridgehead atoms. The summed E-state index contributed by atoms with van der Waals surface area (Å²) in [6, 6.07) is -0.748. The number of likely N-dealkylation sites (tertiary alicyclic amines) is 1. The van der Waals surface area contributed by atoms with E-state index >= 15 is 0 Å². The minimum atomic E-state index is -0.748. The standard InChI is InChI=1S/C13H23NO.C10H15N3O3.CH5N/c1-12(2,3)6-11(15)14-7-9-10(8-14)13(9,4)5;11-8(15)7(12-5-14)3-6-4-10(1-2-10)13-9(6)16;1-2/h9-10H,6-8H2,1-5H3;5-7H,1-4H2,(H2,11,15)(H,12,14)(H,13,16);2H2,1H3. The van der Waals surface area contributed by atoms with Gasteiger partial charge in [-0.2, -0.15) is 0 Å². The summed E-state index contributed by atoms with van der Waals surface area (Å²) in [4.78, 5) is 47.0. The summed E-state index contributed by atoms with van der Waals surface area (Å²) in [7, 11) is 1.50. The number of nitrogens with zero attached hydrogens (tertiary/aromatic N) is 1. The maximum Gasteiger partial charge on any atom is 0.240 e. The van der Waals surface area contributed by atoms with Crippen LogP contribution in [0.5, 0.6) is 0 Å². The van der Waals surface area contributed by atoms with Crippen LogP contribution in [0.3, 0.4) is 0 Å². The molecule has 6 N–H and O–H groups in total. The molecule has 4 fully saturated rings. The number of nitrogens with two attached hydrogens (primary N) is 2. The first kappa shape index (κ1) is 27.1. The highest BCUT2D eigenvalue weighted by atomic mass is 16.2. The van der Waals surface area contributed by atoms with Gasteiger partial charge in [0.1, 0.15) is 6.04 Å². The fourth-order valence-corrected chi connectivity index (χ4v) is 5.18. The predicted molar refractivity (Wildman–Crippen MR) is 127 cm³/mol. The Kier molecular flexibility index (Phi) is 8.20. The quantitative estimate of drug-likeness (QED) is 0.428. The highest BCUT2D eigenvalue weighted by molar-refractivity contribution is 5.86. The van der Waals surface area contributed by atoms with Crippen LogP contribution in [0.25, 0.3) is 0 Å². The molecular formula is C24H43N5O4. The zero-order chi connectivity index (χ0) is 25.2. The molecule has 4 atom stereocenters. The molecule has 2 saturated carbocycles. The first-order valence-corrected chi connectivity index (χ1v) is 11.9. The second-order valence-electron chi connectivity index (χ2n) is 11.7. The van der Waals surface area contributed by atoms with Gasteiger partial charge in [0.2, 0.25) is 24.1 Å². The van der Waals surface area contributed by atoms with Crippen LogP contribution in [-0.4, -0.2) is 60.7 Å². The Bertz CT molecular complexity index is 742. The second-order valence-corrected chi connectivity index (χ2v) is 11.7. The molecule has 33 heavy (non-hydrogen) atoms. The molecule has 0 radical (unpaired) electrons. The van der Waals surface area contributed by atoms with Crippen molar-refractivity contribution < 1.29 is 19.2 Å². The van der Waals surface area contributed by atoms with Crippen LogP contribution in [0.2, 0.25) is 0 Å². The second kappa shape index (κ2) is 9.99. The first-order valence-electron chi connectivity index (χ1n) is 11.9. The molecular weight excluding hydrogens is 422 g/mol. The zero-order valence-corrected chi connectivity index (χ0v) is 21.1. The van der Waals surface area contributed by atoms with Crippen molar-refractivity contribution in [1.82, 2.24) is 15.5 Å². The Labute approximate surface area is 197 Å². The maximum atomic E-state index is 12.0. The number of fused-ring (bicyclic) bond motifs is 1. The van der Waals surface area contributed by atoms with Crippen molar-refractivity contribution in [2.75, 3.05) is 20.1 Å². The molecule has 0 aromatic carbocycles. The van der Waals surface area contributed by atoms with Crippen molar-refractivity contribution in [3.05, 3.63) is 0 Å². The third-order valence-corrected chi connectivity index (χ3v) is 7.54. The maximum absolute atomic E-state index is 12.0. The number of hydrogen-bond donors (Lipinski definition) is 4. The van der Waals surface area contributed by atoms with E-state index in [1.165, 1.54) is 7.05 Å². The molecule has 2 saturated heterocycles. The first-order chi connectivity index (χ1) is 15.3. The Morgan fingerprint density at radius 3 is 2.15 bits per heavy atom. The van der Waals surface area contributed by atoms with E-state index in [0.717, 1.165) is 44.2 Å². The number of rotatable bonds is 6. The highest BCUT2D eigenvalue weighted by Crippen LogP contribution is 2.62. The molecule has 9 heteroatoms. The normalized spacial score (nSPS) is 28.3. The van der Waals surface area contributed by atoms with Gasteiger partial charge >= 0.3 is 0 Å². The SMILES string of the molecule is CC(C)(C)CC(=O)N1CC2C(C1)C2(C)C.CN.NC(=O)C(CC1CC2(CC2)NC1=O)NC=O. The van der Waals surface area contributed by atoms with E-state index in [0.29, 0.717) is 30.6 Å². The molecule has 4 aliphatic rings. The Morgan fingerprint density at radius 1 is 1.21 bits per heavy atom. The van der Waals surface area contributed by atoms with Crippen LogP contribution in [0.15, 0.2) is 0 Å². The fraction of sp³-hybridized carbons (Fsp3) is 0.833. The molecule has 2 aliphatic heterocycles. The number of primary amides is 1. The smallest absolute Gasteiger partial charge is 0.240 e. The summed E-state index contributed by atoms with van der Waals surface area (Å²) in [6.45, 7) is 13.1. The van der Waals surface area contributed by atoms with Gasteiger partial charge in [-0.1, -0.05) is 34.6 Å². The fourth-order valence-electron chi connectivity index (χ4n) is 5.18. The number of carbonyl (C=O) groups excluding carboxylic acids is 4. The van der Waals surface area contributed by atoms with E-state index in [2.05, 4.69) is 55.9 Å². The molecule has 0 aromatic rings. The van der Waals surface area contributed by atoms with Crippen molar-refractivity contribution in [3.63, 3.8) is 0 Å². The van der Waals surface area contributed by atoms with Gasteiger partial charge in [0.15, 0.2) is 0 Å². The molecule has 4 amide bonds. The van der Waals surface area contributed by atoms with E-state index in [1.807, 2.05) is 0 Å². The Morgan fingerprint density at radius 2 is 1.76 bits per heavy atom. The van der Waals surface area contributed by atoms with Crippen molar-refractivity contribution in [2.45, 2.75) is 78.3 Å². The summed E-state index contributed by atoms with van der Waals surface area (Å²) >= 11 is 0. The van der Waals surface area contributed by atoms with Gasteiger partial charge in [0.25, 0.3) is 0 Å². The predicted octanol–water partition coefficient (Wildman–Crippen LogP) is 0.757. The molecule has 2 aliphatic carbocycles. The summed E-state index contributed by atoms with van der Waals surface area (Å²) < 4.78 is 0. The van der Waals surface area contributed by atoms with Crippen molar-refractivity contribution in [3.8, 4) is 0 Å². The van der Waals surface area contributed by atoms with Crippen molar-refractivity contribution >= 4 is 24.1 Å². The van der Waals surface area contributed by atoms with E-state index in [1.54, 1.807) is 0 Å². The monoisotopic (exact) mass is 465 g/mol. The van der Waals surface area contributed by atoms with Crippen LogP contribution in [0, 0.1) is 28.6 Å². The Balaban J connectivity index is 0.000000218. The Hall–Kier alpha value is -2.16. The molecule has 4 rings (SSSR count). The molecule has 0 aromatic heterocycles. The van der Waals surface area contributed by atoms with Crippen LogP contribution in [0.4, 0.5) is 0 Å². The third-order valence-electron chi connectivity index (χ3n) is 7.54. The van der Waals surface area contributed by atoms with Crippen LogP contribution in [0.1, 0.15) is 66.7 Å². The van der Waals surface area contributed by atoms with Gasteiger partial charge in [-0.3, -0.25) is 19.2 Å². The minimum absolute atomic E-state index is 0.00880. The van der Waals surface area contributed by atoms with E-state index in [-0.39, 0.29) is 22.8 Å². The lowest BCUT2D eigenvalue weighted by Crippen LogP contribution is -2.42. The van der Waals surface area contributed by atoms with E-state index in [4.69, 9.17) is 5.73 Å². The number of carbonyl (C=O) groups is 4. The average molecular weight is 466 g/mol. The molecule has 9 nitrogen and oxygen atoms in total. The number of hydrogen-bond acceptors (Lipinski definition) is 5. The van der Waals surface area contributed by atoms with Gasteiger partial charge < -0.3 is 27.0 Å². The summed E-state index contributed by atoms with van der Waals surface area (Å²) in [5.74, 6) is 1.06. The largest absolute Gasteiger partial charge is 0.368 e. The molecule has 1 spiro atoms. The topological polar surface area (TPSA) is 148 Å². The highest BCUT2D eigenvalue weighted by Gasteiger charge is 2.62. The van der Waals surface area contributed by atoms with E-state index < -0.39 is 11.9 Å². The third kappa shape index (κ3) is 6.68.